The van der Waals surface area contributed by atoms with Gasteiger partial charge in [-0.05, 0) is 31.9 Å². The molecule has 0 radical (unpaired) electrons. The average Bonchev–Trinajstić information content (AvgIpc) is 2.29. The highest BCUT2D eigenvalue weighted by Gasteiger charge is 2.27. The molecule has 0 fully saturated rings. The van der Waals surface area contributed by atoms with Crippen molar-refractivity contribution < 1.29 is 9.53 Å². The molecule has 0 heterocycles. The summed E-state index contributed by atoms with van der Waals surface area (Å²) in [5.74, 6) is 0.761. The van der Waals surface area contributed by atoms with Gasteiger partial charge >= 0.3 is 0 Å². The van der Waals surface area contributed by atoms with Gasteiger partial charge in [-0.15, -0.1) is 0 Å². The van der Waals surface area contributed by atoms with Crippen LogP contribution in [0.3, 0.4) is 0 Å². The van der Waals surface area contributed by atoms with Gasteiger partial charge in [0.05, 0.1) is 0 Å². The Morgan fingerprint density at radius 2 is 1.73 bits per heavy atom. The predicted molar refractivity (Wildman–Crippen MR) is 61.2 cm³/mol. The Morgan fingerprint density at radius 1 is 1.20 bits per heavy atom. The maximum absolute atomic E-state index is 11.0. The topological polar surface area (TPSA) is 26.3 Å². The lowest BCUT2D eigenvalue weighted by molar-refractivity contribution is -0.122. The lowest BCUT2D eigenvalue weighted by atomic mass is 9.99. The third-order valence-electron chi connectivity index (χ3n) is 2.75. The van der Waals surface area contributed by atoms with Gasteiger partial charge in [0.15, 0.2) is 11.9 Å². The number of aryl methyl sites for hydroxylation is 1. The molecule has 0 unspecified atom stereocenters. The number of aldehydes is 1. The maximum atomic E-state index is 11.0. The van der Waals surface area contributed by atoms with E-state index in [0.717, 1.165) is 12.0 Å². The molecule has 2 nitrogen and oxygen atoms in total. The minimum absolute atomic E-state index is 0.657. The highest BCUT2D eigenvalue weighted by Crippen LogP contribution is 2.23. The summed E-state index contributed by atoms with van der Waals surface area (Å²) >= 11 is 0. The van der Waals surface area contributed by atoms with E-state index in [1.165, 1.54) is 5.56 Å². The quantitative estimate of drug-likeness (QED) is 0.692. The van der Waals surface area contributed by atoms with Gasteiger partial charge in [-0.1, -0.05) is 31.5 Å². The maximum Gasteiger partial charge on any atom is 0.163 e. The second-order valence-electron chi connectivity index (χ2n) is 3.80. The van der Waals surface area contributed by atoms with Crippen LogP contribution >= 0.6 is 0 Å². The first-order valence-electron chi connectivity index (χ1n) is 5.38. The number of carbonyl (C=O) groups is 1. The Bertz CT molecular complexity index is 310. The van der Waals surface area contributed by atoms with E-state index in [9.17, 15) is 4.79 Å². The fourth-order valence-electron chi connectivity index (χ4n) is 1.43. The molecule has 0 aliphatic rings. The third-order valence-corrected chi connectivity index (χ3v) is 2.75. The summed E-state index contributed by atoms with van der Waals surface area (Å²) in [5, 5.41) is 0. The highest BCUT2D eigenvalue weighted by atomic mass is 16.5. The molecule has 2 heteroatoms. The summed E-state index contributed by atoms with van der Waals surface area (Å²) in [5.41, 5.74) is 0.530. The number of ether oxygens (including phenoxy) is 1. The van der Waals surface area contributed by atoms with Crippen LogP contribution in [0, 0.1) is 6.92 Å². The second kappa shape index (κ2) is 4.96. The summed E-state index contributed by atoms with van der Waals surface area (Å²) in [6.45, 7) is 5.95. The van der Waals surface area contributed by atoms with Gasteiger partial charge < -0.3 is 4.74 Å². The molecule has 0 aliphatic heterocycles. The summed E-state index contributed by atoms with van der Waals surface area (Å²) in [4.78, 5) is 11.0. The summed E-state index contributed by atoms with van der Waals surface area (Å²) in [6.07, 6.45) is 2.30. The molecule has 1 aromatic rings. The van der Waals surface area contributed by atoms with Crippen LogP contribution in [-0.2, 0) is 4.79 Å². The fourth-order valence-corrected chi connectivity index (χ4v) is 1.43. The number of hydrogen-bond acceptors (Lipinski definition) is 2. The molecular weight excluding hydrogens is 188 g/mol. The summed E-state index contributed by atoms with van der Waals surface area (Å²) in [6, 6.07) is 7.77. The van der Waals surface area contributed by atoms with Crippen molar-refractivity contribution in [2.45, 2.75) is 39.2 Å². The van der Waals surface area contributed by atoms with Gasteiger partial charge in [0.1, 0.15) is 5.75 Å². The van der Waals surface area contributed by atoms with E-state index in [0.29, 0.717) is 12.8 Å². The van der Waals surface area contributed by atoms with Crippen molar-refractivity contribution in [2.75, 3.05) is 0 Å². The monoisotopic (exact) mass is 206 g/mol. The van der Waals surface area contributed by atoms with Gasteiger partial charge in [0.25, 0.3) is 0 Å². The molecule has 0 spiro atoms. The minimum Gasteiger partial charge on any atom is -0.480 e. The minimum atomic E-state index is -0.657. The Hall–Kier alpha value is -1.31. The number of rotatable bonds is 5. The largest absolute Gasteiger partial charge is 0.480 e. The zero-order valence-corrected chi connectivity index (χ0v) is 9.62. The molecule has 0 aliphatic carbocycles. The standard InChI is InChI=1S/C13H18O2/c1-4-13(5-2,10-14)15-12-8-6-11(3)7-9-12/h6-10H,4-5H2,1-3H3. The first-order chi connectivity index (χ1) is 7.15. The normalized spacial score (nSPS) is 11.1. The molecule has 0 atom stereocenters. The highest BCUT2D eigenvalue weighted by molar-refractivity contribution is 5.63. The van der Waals surface area contributed by atoms with Gasteiger partial charge in [0.2, 0.25) is 0 Å². The molecule has 15 heavy (non-hydrogen) atoms. The smallest absolute Gasteiger partial charge is 0.163 e. The SMILES string of the molecule is CCC(C=O)(CC)Oc1ccc(C)cc1. The van der Waals surface area contributed by atoms with E-state index in [1.807, 2.05) is 45.0 Å². The lowest BCUT2D eigenvalue weighted by Gasteiger charge is -2.26. The van der Waals surface area contributed by atoms with Crippen molar-refractivity contribution in [3.8, 4) is 5.75 Å². The predicted octanol–water partition coefficient (Wildman–Crippen LogP) is 3.13. The van der Waals surface area contributed by atoms with E-state index < -0.39 is 5.60 Å². The van der Waals surface area contributed by atoms with E-state index in [4.69, 9.17) is 4.74 Å². The van der Waals surface area contributed by atoms with Crippen LogP contribution in [0.4, 0.5) is 0 Å². The van der Waals surface area contributed by atoms with Crippen LogP contribution in [0.1, 0.15) is 32.3 Å². The van der Waals surface area contributed by atoms with Crippen molar-refractivity contribution in [1.82, 2.24) is 0 Å². The average molecular weight is 206 g/mol. The van der Waals surface area contributed by atoms with Crippen molar-refractivity contribution >= 4 is 6.29 Å². The summed E-state index contributed by atoms with van der Waals surface area (Å²) in [7, 11) is 0. The lowest BCUT2D eigenvalue weighted by Crippen LogP contribution is -2.36. The second-order valence-corrected chi connectivity index (χ2v) is 3.80. The van der Waals surface area contributed by atoms with Gasteiger partial charge in [-0.2, -0.15) is 0 Å². The van der Waals surface area contributed by atoms with Crippen LogP contribution in [0.15, 0.2) is 24.3 Å². The molecule has 1 rings (SSSR count). The molecule has 0 saturated carbocycles. The van der Waals surface area contributed by atoms with Gasteiger partial charge in [0, 0.05) is 0 Å². The van der Waals surface area contributed by atoms with Crippen LogP contribution in [-0.4, -0.2) is 11.9 Å². The van der Waals surface area contributed by atoms with E-state index in [-0.39, 0.29) is 0 Å². The zero-order valence-electron chi connectivity index (χ0n) is 9.62. The third kappa shape index (κ3) is 2.82. The summed E-state index contributed by atoms with van der Waals surface area (Å²) < 4.78 is 5.74. The van der Waals surface area contributed by atoms with Crippen molar-refractivity contribution in [2.24, 2.45) is 0 Å². The van der Waals surface area contributed by atoms with E-state index in [2.05, 4.69) is 0 Å². The fraction of sp³-hybridized carbons (Fsp3) is 0.462. The Morgan fingerprint density at radius 3 is 2.13 bits per heavy atom. The molecule has 1 aromatic carbocycles. The number of carbonyl (C=O) groups excluding carboxylic acids is 1. The first kappa shape index (κ1) is 11.8. The molecule has 0 bridgehead atoms. The molecule has 0 aromatic heterocycles. The van der Waals surface area contributed by atoms with Crippen LogP contribution in [0.2, 0.25) is 0 Å². The van der Waals surface area contributed by atoms with Crippen LogP contribution in [0.5, 0.6) is 5.75 Å². The molecule has 0 amide bonds. The Kier molecular flexibility index (Phi) is 3.89. The van der Waals surface area contributed by atoms with Gasteiger partial charge in [-0.3, -0.25) is 4.79 Å². The Labute approximate surface area is 91.3 Å². The first-order valence-corrected chi connectivity index (χ1v) is 5.38. The number of hydrogen-bond donors (Lipinski definition) is 0. The van der Waals surface area contributed by atoms with E-state index >= 15 is 0 Å². The van der Waals surface area contributed by atoms with Crippen LogP contribution in [0.25, 0.3) is 0 Å². The molecule has 0 saturated heterocycles. The van der Waals surface area contributed by atoms with Gasteiger partial charge in [-0.25, -0.2) is 0 Å². The molecule has 0 N–H and O–H groups in total. The molecule has 82 valence electrons. The number of benzene rings is 1. The Balaban J connectivity index is 2.83. The van der Waals surface area contributed by atoms with E-state index in [1.54, 1.807) is 0 Å². The van der Waals surface area contributed by atoms with Crippen LogP contribution < -0.4 is 4.74 Å². The van der Waals surface area contributed by atoms with Crippen molar-refractivity contribution in [3.63, 3.8) is 0 Å². The van der Waals surface area contributed by atoms with Crippen molar-refractivity contribution in [3.05, 3.63) is 29.8 Å². The zero-order chi connectivity index (χ0) is 11.3. The molecular formula is C13H18O2. The van der Waals surface area contributed by atoms with Crippen molar-refractivity contribution in [1.29, 1.82) is 0 Å².